The molecule has 1 aliphatic carbocycles. The van der Waals surface area contributed by atoms with E-state index in [0.717, 1.165) is 18.4 Å². The molecule has 1 aromatic carbocycles. The van der Waals surface area contributed by atoms with E-state index in [4.69, 9.17) is 9.47 Å². The number of carbonyl (C=O) groups excluding carboxylic acids is 2. The quantitative estimate of drug-likeness (QED) is 0.660. The highest BCUT2D eigenvalue weighted by molar-refractivity contribution is 6.13. The molecule has 2 fully saturated rings. The Labute approximate surface area is 128 Å². The zero-order valence-electron chi connectivity index (χ0n) is 12.3. The number of carbonyl (C=O) groups is 2. The Morgan fingerprint density at radius 3 is 2.55 bits per heavy atom. The molecule has 3 amide bonds. The molecular weight excluding hydrogens is 284 g/mol. The molecule has 0 aromatic heterocycles. The van der Waals surface area contributed by atoms with E-state index >= 15 is 0 Å². The lowest BCUT2D eigenvalue weighted by atomic mass is 10.1. The van der Waals surface area contributed by atoms with Crippen molar-refractivity contribution in [2.24, 2.45) is 0 Å². The Morgan fingerprint density at radius 1 is 1.14 bits per heavy atom. The number of rotatable bonds is 4. The standard InChI is InChI=1S/C16H18N2O4/c1-21-13-7-6-10(8-12-15(19)18-16(20)17-12)9-14(13)22-11-4-2-3-5-11/h6-9,11H,2-5H2,1H3,(H2,17,18,19,20)/b12-8+. The van der Waals surface area contributed by atoms with Crippen LogP contribution in [-0.2, 0) is 4.79 Å². The number of nitrogens with one attached hydrogen (secondary N) is 2. The van der Waals surface area contributed by atoms with Crippen molar-refractivity contribution >= 4 is 18.0 Å². The van der Waals surface area contributed by atoms with Crippen LogP contribution in [0.15, 0.2) is 23.9 Å². The highest BCUT2D eigenvalue weighted by Crippen LogP contribution is 2.33. The van der Waals surface area contributed by atoms with Crippen molar-refractivity contribution in [1.82, 2.24) is 10.6 Å². The van der Waals surface area contributed by atoms with Gasteiger partial charge in [-0.05, 0) is 49.5 Å². The van der Waals surface area contributed by atoms with E-state index in [9.17, 15) is 9.59 Å². The van der Waals surface area contributed by atoms with Crippen molar-refractivity contribution in [2.45, 2.75) is 31.8 Å². The molecular formula is C16H18N2O4. The second-order valence-electron chi connectivity index (χ2n) is 5.40. The molecule has 1 aliphatic heterocycles. The number of imide groups is 1. The van der Waals surface area contributed by atoms with Crippen LogP contribution in [0.25, 0.3) is 6.08 Å². The van der Waals surface area contributed by atoms with Gasteiger partial charge in [-0.2, -0.15) is 0 Å². The molecule has 0 atom stereocenters. The molecule has 22 heavy (non-hydrogen) atoms. The highest BCUT2D eigenvalue weighted by atomic mass is 16.5. The second kappa shape index (κ2) is 6.09. The molecule has 6 heteroatoms. The van der Waals surface area contributed by atoms with Crippen molar-refractivity contribution in [2.75, 3.05) is 7.11 Å². The summed E-state index contributed by atoms with van der Waals surface area (Å²) in [6, 6.07) is 4.92. The number of ether oxygens (including phenoxy) is 2. The summed E-state index contributed by atoms with van der Waals surface area (Å²) in [5.74, 6) is 0.890. The van der Waals surface area contributed by atoms with Gasteiger partial charge in [0.25, 0.3) is 5.91 Å². The molecule has 2 N–H and O–H groups in total. The molecule has 1 heterocycles. The van der Waals surface area contributed by atoms with Crippen LogP contribution in [0, 0.1) is 0 Å². The van der Waals surface area contributed by atoms with E-state index in [2.05, 4.69) is 10.6 Å². The van der Waals surface area contributed by atoms with Crippen molar-refractivity contribution in [3.05, 3.63) is 29.5 Å². The molecule has 0 radical (unpaired) electrons. The maximum Gasteiger partial charge on any atom is 0.326 e. The number of benzene rings is 1. The van der Waals surface area contributed by atoms with Gasteiger partial charge in [-0.3, -0.25) is 10.1 Å². The molecule has 1 saturated carbocycles. The minimum Gasteiger partial charge on any atom is -0.493 e. The SMILES string of the molecule is COc1ccc(/C=C2/NC(=O)NC2=O)cc1OC1CCCC1. The predicted octanol–water partition coefficient (Wildman–Crippen LogP) is 2.20. The van der Waals surface area contributed by atoms with Gasteiger partial charge in [-0.1, -0.05) is 6.07 Å². The number of methoxy groups -OCH3 is 1. The summed E-state index contributed by atoms with van der Waals surface area (Å²) in [7, 11) is 1.60. The smallest absolute Gasteiger partial charge is 0.326 e. The lowest BCUT2D eigenvalue weighted by molar-refractivity contribution is -0.115. The van der Waals surface area contributed by atoms with E-state index in [1.807, 2.05) is 12.1 Å². The third kappa shape index (κ3) is 3.05. The molecule has 1 saturated heterocycles. The van der Waals surface area contributed by atoms with Gasteiger partial charge in [0.2, 0.25) is 0 Å². The molecule has 1 aromatic rings. The monoisotopic (exact) mass is 302 g/mol. The van der Waals surface area contributed by atoms with Crippen LogP contribution >= 0.6 is 0 Å². The zero-order valence-corrected chi connectivity index (χ0v) is 12.3. The van der Waals surface area contributed by atoms with Gasteiger partial charge in [0, 0.05) is 0 Å². The van der Waals surface area contributed by atoms with E-state index in [1.165, 1.54) is 12.8 Å². The van der Waals surface area contributed by atoms with Gasteiger partial charge in [0.1, 0.15) is 5.70 Å². The summed E-state index contributed by atoms with van der Waals surface area (Å²) in [5.41, 5.74) is 0.989. The minimum atomic E-state index is -0.507. The molecule has 0 bridgehead atoms. The van der Waals surface area contributed by atoms with E-state index in [1.54, 1.807) is 19.3 Å². The van der Waals surface area contributed by atoms with Crippen molar-refractivity contribution in [3.8, 4) is 11.5 Å². The summed E-state index contributed by atoms with van der Waals surface area (Å²) < 4.78 is 11.3. The minimum absolute atomic E-state index is 0.214. The third-order valence-electron chi connectivity index (χ3n) is 3.81. The average Bonchev–Trinajstić information content (AvgIpc) is 3.10. The summed E-state index contributed by atoms with van der Waals surface area (Å²) in [5, 5.41) is 4.63. The third-order valence-corrected chi connectivity index (χ3v) is 3.81. The Morgan fingerprint density at radius 2 is 1.91 bits per heavy atom. The summed E-state index contributed by atoms with van der Waals surface area (Å²) in [4.78, 5) is 22.7. The Hall–Kier alpha value is -2.50. The average molecular weight is 302 g/mol. The Balaban J connectivity index is 1.84. The fourth-order valence-corrected chi connectivity index (χ4v) is 2.71. The van der Waals surface area contributed by atoms with Gasteiger partial charge in [-0.15, -0.1) is 0 Å². The van der Waals surface area contributed by atoms with Crippen LogP contribution in [0.4, 0.5) is 4.79 Å². The Bertz CT molecular complexity index is 633. The first-order valence-corrected chi connectivity index (χ1v) is 7.34. The van der Waals surface area contributed by atoms with E-state index < -0.39 is 11.9 Å². The van der Waals surface area contributed by atoms with E-state index in [-0.39, 0.29) is 11.8 Å². The molecule has 3 rings (SSSR count). The van der Waals surface area contributed by atoms with Crippen LogP contribution in [0.5, 0.6) is 11.5 Å². The van der Waals surface area contributed by atoms with E-state index in [0.29, 0.717) is 11.5 Å². The van der Waals surface area contributed by atoms with Gasteiger partial charge in [0.15, 0.2) is 11.5 Å². The molecule has 2 aliphatic rings. The van der Waals surface area contributed by atoms with Crippen molar-refractivity contribution < 1.29 is 19.1 Å². The topological polar surface area (TPSA) is 76.7 Å². The maximum absolute atomic E-state index is 11.6. The first-order chi connectivity index (χ1) is 10.7. The number of hydrogen-bond acceptors (Lipinski definition) is 4. The zero-order chi connectivity index (χ0) is 15.5. The predicted molar refractivity (Wildman–Crippen MR) is 80.5 cm³/mol. The first kappa shape index (κ1) is 14.4. The summed E-state index contributed by atoms with van der Waals surface area (Å²) >= 11 is 0. The fraction of sp³-hybridized carbons (Fsp3) is 0.375. The summed E-state index contributed by atoms with van der Waals surface area (Å²) in [6.07, 6.45) is 6.29. The molecule has 116 valence electrons. The lowest BCUT2D eigenvalue weighted by Crippen LogP contribution is -2.22. The molecule has 0 spiro atoms. The second-order valence-corrected chi connectivity index (χ2v) is 5.40. The van der Waals surface area contributed by atoms with Crippen LogP contribution in [0.1, 0.15) is 31.2 Å². The normalized spacial score (nSPS) is 20.1. The van der Waals surface area contributed by atoms with Crippen LogP contribution in [0.3, 0.4) is 0 Å². The van der Waals surface area contributed by atoms with Crippen LogP contribution in [0.2, 0.25) is 0 Å². The number of urea groups is 1. The number of hydrogen-bond donors (Lipinski definition) is 2. The Kier molecular flexibility index (Phi) is 4.00. The van der Waals surface area contributed by atoms with Gasteiger partial charge in [-0.25, -0.2) is 4.79 Å². The van der Waals surface area contributed by atoms with Crippen molar-refractivity contribution in [1.29, 1.82) is 0 Å². The fourth-order valence-electron chi connectivity index (χ4n) is 2.71. The molecule has 6 nitrogen and oxygen atoms in total. The molecule has 0 unspecified atom stereocenters. The van der Waals surface area contributed by atoms with Gasteiger partial charge < -0.3 is 14.8 Å². The van der Waals surface area contributed by atoms with Gasteiger partial charge in [0.05, 0.1) is 13.2 Å². The lowest BCUT2D eigenvalue weighted by Gasteiger charge is -2.16. The summed E-state index contributed by atoms with van der Waals surface area (Å²) in [6.45, 7) is 0. The largest absolute Gasteiger partial charge is 0.493 e. The van der Waals surface area contributed by atoms with Crippen molar-refractivity contribution in [3.63, 3.8) is 0 Å². The first-order valence-electron chi connectivity index (χ1n) is 7.34. The van der Waals surface area contributed by atoms with Gasteiger partial charge >= 0.3 is 6.03 Å². The van der Waals surface area contributed by atoms with Crippen LogP contribution in [-0.4, -0.2) is 25.2 Å². The highest BCUT2D eigenvalue weighted by Gasteiger charge is 2.23. The number of amides is 3. The maximum atomic E-state index is 11.6. The van der Waals surface area contributed by atoms with Crippen LogP contribution < -0.4 is 20.1 Å².